The van der Waals surface area contributed by atoms with E-state index < -0.39 is 12.0 Å². The van der Waals surface area contributed by atoms with Crippen molar-refractivity contribution in [2.45, 2.75) is 26.3 Å². The summed E-state index contributed by atoms with van der Waals surface area (Å²) in [7, 11) is 0. The minimum absolute atomic E-state index is 0.297. The van der Waals surface area contributed by atoms with Crippen LogP contribution >= 0.6 is 45.2 Å². The molecule has 23 heavy (non-hydrogen) atoms. The molecule has 0 aromatic heterocycles. The summed E-state index contributed by atoms with van der Waals surface area (Å²) in [5, 5.41) is 8.93. The van der Waals surface area contributed by atoms with Crippen LogP contribution in [-0.2, 0) is 11.2 Å². The maximum atomic E-state index is 10.9. The number of carbonyl (C=O) groups is 1. The van der Waals surface area contributed by atoms with Crippen LogP contribution in [0.25, 0.3) is 0 Å². The van der Waals surface area contributed by atoms with Crippen molar-refractivity contribution in [3.8, 4) is 11.5 Å². The first-order valence-electron chi connectivity index (χ1n) is 6.98. The molecule has 4 nitrogen and oxygen atoms in total. The Labute approximate surface area is 162 Å². The van der Waals surface area contributed by atoms with Crippen molar-refractivity contribution in [2.24, 2.45) is 5.73 Å². The minimum atomic E-state index is -0.995. The summed E-state index contributed by atoms with van der Waals surface area (Å²) in [6, 6.07) is 9.03. The lowest BCUT2D eigenvalue weighted by Crippen LogP contribution is -2.32. The molecule has 0 amide bonds. The Morgan fingerprint density at radius 2 is 1.65 bits per heavy atom. The molecule has 0 saturated carbocycles. The Balaban J connectivity index is 2.28. The first-order chi connectivity index (χ1) is 10.8. The second-order valence-corrected chi connectivity index (χ2v) is 7.79. The Morgan fingerprint density at radius 3 is 2.13 bits per heavy atom. The average Bonchev–Trinajstić information content (AvgIpc) is 2.41. The average molecular weight is 537 g/mol. The molecule has 6 heteroatoms. The predicted octanol–water partition coefficient (Wildman–Crippen LogP) is 4.26. The van der Waals surface area contributed by atoms with Crippen molar-refractivity contribution in [1.29, 1.82) is 0 Å². The number of hydrogen-bond acceptors (Lipinski definition) is 3. The fourth-order valence-electron chi connectivity index (χ4n) is 2.28. The molecule has 0 aliphatic carbocycles. The molecule has 0 aliphatic heterocycles. The van der Waals surface area contributed by atoms with Crippen LogP contribution in [0.15, 0.2) is 30.3 Å². The molecule has 2 aromatic rings. The number of nitrogens with two attached hydrogens (primary N) is 1. The first kappa shape index (κ1) is 18.5. The smallest absolute Gasteiger partial charge is 0.320 e. The van der Waals surface area contributed by atoms with Crippen LogP contribution in [-0.4, -0.2) is 17.1 Å². The van der Waals surface area contributed by atoms with E-state index in [2.05, 4.69) is 51.2 Å². The van der Waals surface area contributed by atoms with Gasteiger partial charge in [-0.1, -0.05) is 6.07 Å². The lowest BCUT2D eigenvalue weighted by Gasteiger charge is -2.14. The number of aryl methyl sites for hydroxylation is 2. The van der Waals surface area contributed by atoms with Gasteiger partial charge in [-0.15, -0.1) is 0 Å². The highest BCUT2D eigenvalue weighted by molar-refractivity contribution is 14.1. The molecule has 1 unspecified atom stereocenters. The number of carboxylic acid groups (broad SMARTS) is 1. The van der Waals surface area contributed by atoms with E-state index in [1.807, 2.05) is 38.1 Å². The lowest BCUT2D eigenvalue weighted by atomic mass is 10.1. The molecule has 3 N–H and O–H groups in total. The molecule has 122 valence electrons. The van der Waals surface area contributed by atoms with Crippen molar-refractivity contribution in [1.82, 2.24) is 0 Å². The van der Waals surface area contributed by atoms with Crippen molar-refractivity contribution in [3.63, 3.8) is 0 Å². The summed E-state index contributed by atoms with van der Waals surface area (Å²) in [6.07, 6.45) is 0.297. The number of benzene rings is 2. The van der Waals surface area contributed by atoms with Gasteiger partial charge >= 0.3 is 5.97 Å². The highest BCUT2D eigenvalue weighted by Crippen LogP contribution is 2.33. The van der Waals surface area contributed by atoms with E-state index >= 15 is 0 Å². The van der Waals surface area contributed by atoms with Crippen LogP contribution in [0, 0.1) is 21.0 Å². The Kier molecular flexibility index (Phi) is 6.26. The van der Waals surface area contributed by atoms with E-state index in [9.17, 15) is 4.79 Å². The topological polar surface area (TPSA) is 72.5 Å². The molecule has 0 heterocycles. The normalized spacial score (nSPS) is 12.0. The van der Waals surface area contributed by atoms with Gasteiger partial charge in [0.05, 0.1) is 7.14 Å². The fraction of sp³-hybridized carbons (Fsp3) is 0.235. The van der Waals surface area contributed by atoms with Crippen LogP contribution in [0.5, 0.6) is 11.5 Å². The molecule has 0 fully saturated rings. The molecule has 0 saturated heterocycles. The van der Waals surface area contributed by atoms with Gasteiger partial charge in [0.2, 0.25) is 0 Å². The molecule has 2 rings (SSSR count). The highest BCUT2D eigenvalue weighted by Gasteiger charge is 2.16. The van der Waals surface area contributed by atoms with Gasteiger partial charge in [-0.05, 0) is 106 Å². The van der Waals surface area contributed by atoms with Gasteiger partial charge in [0.25, 0.3) is 0 Å². The molecule has 0 radical (unpaired) electrons. The molecule has 2 aromatic carbocycles. The van der Waals surface area contributed by atoms with Crippen LogP contribution in [0.2, 0.25) is 0 Å². The van der Waals surface area contributed by atoms with E-state index in [1.54, 1.807) is 0 Å². The molecule has 1 atom stereocenters. The van der Waals surface area contributed by atoms with Gasteiger partial charge in [-0.2, -0.15) is 0 Å². The zero-order chi connectivity index (χ0) is 17.1. The standard InChI is InChI=1S/C17H17I2NO3/c1-9-3-10(2)5-12(4-9)23-16-13(18)6-11(7-14(16)19)8-15(20)17(21)22/h3-7,15H,8,20H2,1-2H3,(H,21,22). The third-order valence-electron chi connectivity index (χ3n) is 3.25. The largest absolute Gasteiger partial charge is 0.480 e. The summed E-state index contributed by atoms with van der Waals surface area (Å²) in [4.78, 5) is 10.9. The quantitative estimate of drug-likeness (QED) is 0.560. The Morgan fingerprint density at radius 1 is 1.13 bits per heavy atom. The van der Waals surface area contributed by atoms with Crippen LogP contribution < -0.4 is 10.5 Å². The summed E-state index contributed by atoms with van der Waals surface area (Å²) in [5.41, 5.74) is 8.79. The van der Waals surface area contributed by atoms with Crippen molar-refractivity contribution in [2.75, 3.05) is 0 Å². The van der Waals surface area contributed by atoms with Crippen LogP contribution in [0.1, 0.15) is 16.7 Å². The molecule has 0 bridgehead atoms. The first-order valence-corrected chi connectivity index (χ1v) is 9.14. The van der Waals surface area contributed by atoms with Gasteiger partial charge in [0.15, 0.2) is 5.75 Å². The number of ether oxygens (including phenoxy) is 1. The summed E-state index contributed by atoms with van der Waals surface area (Å²) >= 11 is 4.40. The number of rotatable bonds is 5. The maximum Gasteiger partial charge on any atom is 0.320 e. The number of carboxylic acids is 1. The van der Waals surface area contributed by atoms with Crippen LogP contribution in [0.3, 0.4) is 0 Å². The van der Waals surface area contributed by atoms with Gasteiger partial charge in [0, 0.05) is 0 Å². The number of aliphatic carboxylic acids is 1. The lowest BCUT2D eigenvalue weighted by molar-refractivity contribution is -0.138. The summed E-state index contributed by atoms with van der Waals surface area (Å²) in [6.45, 7) is 4.07. The molecular formula is C17H17I2NO3. The van der Waals surface area contributed by atoms with E-state index in [0.717, 1.165) is 35.3 Å². The zero-order valence-electron chi connectivity index (χ0n) is 12.8. The van der Waals surface area contributed by atoms with E-state index in [-0.39, 0.29) is 0 Å². The maximum absolute atomic E-state index is 10.9. The summed E-state index contributed by atoms with van der Waals surface area (Å²) < 4.78 is 7.91. The number of hydrogen-bond donors (Lipinski definition) is 2. The van der Waals surface area contributed by atoms with E-state index in [4.69, 9.17) is 15.6 Å². The second-order valence-electron chi connectivity index (χ2n) is 5.46. The third kappa shape index (κ3) is 5.05. The van der Waals surface area contributed by atoms with Gasteiger partial charge < -0.3 is 15.6 Å². The third-order valence-corrected chi connectivity index (χ3v) is 4.85. The van der Waals surface area contributed by atoms with Crippen molar-refractivity contribution >= 4 is 51.2 Å². The Hall–Kier alpha value is -0.870. The zero-order valence-corrected chi connectivity index (χ0v) is 17.1. The van der Waals surface area contributed by atoms with E-state index in [0.29, 0.717) is 6.42 Å². The van der Waals surface area contributed by atoms with Crippen molar-refractivity contribution < 1.29 is 14.6 Å². The highest BCUT2D eigenvalue weighted by atomic mass is 127. The van der Waals surface area contributed by atoms with Gasteiger partial charge in [-0.25, -0.2) is 0 Å². The summed E-state index contributed by atoms with van der Waals surface area (Å²) in [5.74, 6) is 0.586. The van der Waals surface area contributed by atoms with Crippen molar-refractivity contribution in [3.05, 3.63) is 54.2 Å². The molecular weight excluding hydrogens is 520 g/mol. The predicted molar refractivity (Wildman–Crippen MR) is 107 cm³/mol. The minimum Gasteiger partial charge on any atom is -0.480 e. The van der Waals surface area contributed by atoms with Gasteiger partial charge in [0.1, 0.15) is 11.8 Å². The fourth-order valence-corrected chi connectivity index (χ4v) is 4.40. The monoisotopic (exact) mass is 537 g/mol. The Bertz CT molecular complexity index is 703. The molecule has 0 aliphatic rings. The molecule has 0 spiro atoms. The van der Waals surface area contributed by atoms with Crippen LogP contribution in [0.4, 0.5) is 0 Å². The van der Waals surface area contributed by atoms with E-state index in [1.165, 1.54) is 0 Å². The van der Waals surface area contributed by atoms with Gasteiger partial charge in [-0.3, -0.25) is 4.79 Å². The second kappa shape index (κ2) is 7.80. The number of halogens is 2. The SMILES string of the molecule is Cc1cc(C)cc(Oc2c(I)cc(CC(N)C(=O)O)cc2I)c1.